The molecule has 4 rings (SSSR count). The van der Waals surface area contributed by atoms with Crippen molar-refractivity contribution in [3.8, 4) is 5.75 Å². The normalized spacial score (nSPS) is 14.5. The van der Waals surface area contributed by atoms with Crippen LogP contribution >= 0.6 is 22.9 Å². The van der Waals surface area contributed by atoms with Gasteiger partial charge in [0, 0.05) is 11.4 Å². The molecule has 0 spiro atoms. The number of halogens is 1. The second kappa shape index (κ2) is 9.02. The molecule has 0 radical (unpaired) electrons. The summed E-state index contributed by atoms with van der Waals surface area (Å²) in [6.07, 6.45) is 0.0498. The van der Waals surface area contributed by atoms with Crippen molar-refractivity contribution >= 4 is 54.1 Å². The number of sulfone groups is 1. The maximum Gasteiger partial charge on any atom is 0.306 e. The zero-order chi connectivity index (χ0) is 22.0. The lowest BCUT2D eigenvalue weighted by Crippen LogP contribution is -2.53. The average Bonchev–Trinajstić information content (AvgIpc) is 3.14. The Hall–Kier alpha value is -2.36. The van der Waals surface area contributed by atoms with Crippen LogP contribution in [0.3, 0.4) is 0 Å². The van der Waals surface area contributed by atoms with E-state index >= 15 is 0 Å². The van der Waals surface area contributed by atoms with E-state index in [1.54, 1.807) is 18.4 Å². The Kier molecular flexibility index (Phi) is 6.36. The van der Waals surface area contributed by atoms with Crippen LogP contribution in [-0.4, -0.2) is 51.4 Å². The van der Waals surface area contributed by atoms with Crippen LogP contribution in [0.2, 0.25) is 5.02 Å². The molecule has 2 aromatic carbocycles. The Morgan fingerprint density at radius 1 is 1.23 bits per heavy atom. The molecule has 0 aliphatic carbocycles. The van der Waals surface area contributed by atoms with Crippen molar-refractivity contribution in [1.29, 1.82) is 0 Å². The third-order valence-electron chi connectivity index (χ3n) is 4.97. The van der Waals surface area contributed by atoms with E-state index in [-0.39, 0.29) is 35.6 Å². The Morgan fingerprint density at radius 3 is 2.68 bits per heavy atom. The predicted molar refractivity (Wildman–Crippen MR) is 121 cm³/mol. The van der Waals surface area contributed by atoms with Gasteiger partial charge in [0.05, 0.1) is 35.5 Å². The molecule has 2 heterocycles. The van der Waals surface area contributed by atoms with Gasteiger partial charge in [-0.3, -0.25) is 4.79 Å². The number of carbonyl (C=O) groups is 1. The van der Waals surface area contributed by atoms with E-state index in [2.05, 4.69) is 4.98 Å². The van der Waals surface area contributed by atoms with E-state index in [0.717, 1.165) is 21.1 Å². The molecule has 0 saturated carbocycles. The molecule has 1 fully saturated rings. The van der Waals surface area contributed by atoms with Gasteiger partial charge in [-0.2, -0.15) is 0 Å². The summed E-state index contributed by atoms with van der Waals surface area (Å²) >= 11 is 7.36. The van der Waals surface area contributed by atoms with Gasteiger partial charge < -0.3 is 14.4 Å². The van der Waals surface area contributed by atoms with Crippen molar-refractivity contribution in [2.45, 2.75) is 23.8 Å². The minimum absolute atomic E-state index is 0.0572. The Labute approximate surface area is 189 Å². The van der Waals surface area contributed by atoms with E-state index < -0.39 is 9.84 Å². The number of fused-ring (bicyclic) bond motifs is 1. The predicted octanol–water partition coefficient (Wildman–Crippen LogP) is 3.94. The summed E-state index contributed by atoms with van der Waals surface area (Å²) in [5, 5.41) is 1.34. The smallest absolute Gasteiger partial charge is 0.306 e. The lowest BCUT2D eigenvalue weighted by atomic mass is 10.2. The summed E-state index contributed by atoms with van der Waals surface area (Å²) < 4.78 is 36.5. The van der Waals surface area contributed by atoms with Crippen molar-refractivity contribution < 1.29 is 22.7 Å². The molecule has 0 N–H and O–H groups in total. The first-order valence-electron chi connectivity index (χ1n) is 9.72. The van der Waals surface area contributed by atoms with Crippen molar-refractivity contribution in [3.63, 3.8) is 0 Å². The van der Waals surface area contributed by atoms with Crippen LogP contribution in [0.15, 0.2) is 47.4 Å². The van der Waals surface area contributed by atoms with Gasteiger partial charge >= 0.3 is 5.97 Å². The molecule has 10 heteroatoms. The summed E-state index contributed by atoms with van der Waals surface area (Å²) in [4.78, 5) is 19.0. The lowest BCUT2D eigenvalue weighted by molar-refractivity contribution is -0.150. The highest BCUT2D eigenvalue weighted by Crippen LogP contribution is 2.36. The number of para-hydroxylation sites is 1. The Balaban J connectivity index is 1.23. The van der Waals surface area contributed by atoms with Gasteiger partial charge in [0.25, 0.3) is 0 Å². The van der Waals surface area contributed by atoms with Crippen LogP contribution in [0.4, 0.5) is 5.13 Å². The van der Waals surface area contributed by atoms with Crippen molar-refractivity contribution in [3.05, 3.63) is 47.5 Å². The van der Waals surface area contributed by atoms with Crippen LogP contribution < -0.4 is 9.64 Å². The van der Waals surface area contributed by atoms with Crippen LogP contribution in [0, 0.1) is 0 Å². The molecule has 31 heavy (non-hydrogen) atoms. The summed E-state index contributed by atoms with van der Waals surface area (Å²) in [6.45, 7) is 1.13. The van der Waals surface area contributed by atoms with Gasteiger partial charge in [-0.1, -0.05) is 29.0 Å². The van der Waals surface area contributed by atoms with Gasteiger partial charge in [0.15, 0.2) is 15.0 Å². The number of esters is 1. The molecule has 0 unspecified atom stereocenters. The number of nitrogens with zero attached hydrogens (tertiary/aromatic N) is 2. The third kappa shape index (κ3) is 4.94. The van der Waals surface area contributed by atoms with E-state index in [9.17, 15) is 13.2 Å². The van der Waals surface area contributed by atoms with E-state index in [0.29, 0.717) is 18.1 Å². The molecule has 164 valence electrons. The van der Waals surface area contributed by atoms with Crippen molar-refractivity contribution in [2.75, 3.05) is 30.9 Å². The first kappa shape index (κ1) is 21.9. The molecule has 1 aliphatic heterocycles. The fourth-order valence-corrected chi connectivity index (χ4v) is 5.73. The molecule has 7 nitrogen and oxygen atoms in total. The number of anilines is 1. The Bertz CT molecular complexity index is 1190. The number of hydrogen-bond donors (Lipinski definition) is 0. The van der Waals surface area contributed by atoms with Gasteiger partial charge in [0.1, 0.15) is 17.4 Å². The molecule has 0 atom stereocenters. The summed E-state index contributed by atoms with van der Waals surface area (Å²) in [7, 11) is -1.83. The zero-order valence-corrected chi connectivity index (χ0v) is 19.2. The minimum Gasteiger partial charge on any atom is -0.494 e. The van der Waals surface area contributed by atoms with Gasteiger partial charge in [-0.25, -0.2) is 13.4 Å². The number of methoxy groups -OCH3 is 1. The number of hydrogen-bond acceptors (Lipinski definition) is 8. The Morgan fingerprint density at radius 2 is 1.97 bits per heavy atom. The SMILES string of the molecule is COc1cccc2sc(N3CC(OC(=O)CCCS(=O)(=O)c4ccc(Cl)cc4)C3)nc12. The highest BCUT2D eigenvalue weighted by molar-refractivity contribution is 7.91. The highest BCUT2D eigenvalue weighted by Gasteiger charge is 2.32. The molecule has 1 saturated heterocycles. The topological polar surface area (TPSA) is 85.8 Å². The highest BCUT2D eigenvalue weighted by atomic mass is 35.5. The first-order valence-corrected chi connectivity index (χ1v) is 12.6. The third-order valence-corrected chi connectivity index (χ3v) is 8.12. The van der Waals surface area contributed by atoms with E-state index in [1.807, 2.05) is 23.1 Å². The minimum atomic E-state index is -3.45. The van der Waals surface area contributed by atoms with Crippen LogP contribution in [0.5, 0.6) is 5.75 Å². The quantitative estimate of drug-likeness (QED) is 0.451. The molecule has 3 aromatic rings. The number of rotatable bonds is 8. The lowest BCUT2D eigenvalue weighted by Gasteiger charge is -2.38. The van der Waals surface area contributed by atoms with E-state index in [1.165, 1.54) is 24.3 Å². The number of aromatic nitrogens is 1. The summed E-state index contributed by atoms with van der Waals surface area (Å²) in [6, 6.07) is 11.8. The number of ether oxygens (including phenoxy) is 2. The summed E-state index contributed by atoms with van der Waals surface area (Å²) in [5.74, 6) is 0.229. The monoisotopic (exact) mass is 480 g/mol. The maximum atomic E-state index is 12.3. The fourth-order valence-electron chi connectivity index (χ4n) is 3.29. The van der Waals surface area contributed by atoms with Gasteiger partial charge in [-0.05, 0) is 42.8 Å². The average molecular weight is 481 g/mol. The van der Waals surface area contributed by atoms with Gasteiger partial charge in [0.2, 0.25) is 0 Å². The van der Waals surface area contributed by atoms with E-state index in [4.69, 9.17) is 21.1 Å². The first-order chi connectivity index (χ1) is 14.9. The standard InChI is InChI=1S/C21H21ClN2O5S2/c1-28-17-4-2-5-18-20(17)23-21(30-18)24-12-15(13-24)29-19(25)6-3-11-31(26,27)16-9-7-14(22)8-10-16/h2,4-5,7-10,15H,3,6,11-13H2,1H3. The zero-order valence-electron chi connectivity index (χ0n) is 16.8. The van der Waals surface area contributed by atoms with Crippen LogP contribution in [0.25, 0.3) is 10.2 Å². The van der Waals surface area contributed by atoms with Crippen LogP contribution in [0.1, 0.15) is 12.8 Å². The molecule has 1 aromatic heterocycles. The molecule has 0 amide bonds. The molecule has 0 bridgehead atoms. The molecular formula is C21H21ClN2O5S2. The maximum absolute atomic E-state index is 12.3. The number of thiazole rings is 1. The number of carbonyl (C=O) groups excluding carboxylic acids is 1. The number of benzene rings is 2. The fraction of sp³-hybridized carbons (Fsp3) is 0.333. The van der Waals surface area contributed by atoms with Crippen molar-refractivity contribution in [2.24, 2.45) is 0 Å². The second-order valence-electron chi connectivity index (χ2n) is 7.20. The molecule has 1 aliphatic rings. The van der Waals surface area contributed by atoms with Crippen LogP contribution in [-0.2, 0) is 19.4 Å². The van der Waals surface area contributed by atoms with Crippen molar-refractivity contribution in [1.82, 2.24) is 4.98 Å². The largest absolute Gasteiger partial charge is 0.494 e. The second-order valence-corrected chi connectivity index (χ2v) is 10.8. The molecular weight excluding hydrogens is 460 g/mol. The van der Waals surface area contributed by atoms with Gasteiger partial charge in [-0.15, -0.1) is 0 Å². The summed E-state index contributed by atoms with van der Waals surface area (Å²) in [5.41, 5.74) is 0.826.